The smallest absolute Gasteiger partial charge is 0.190 e. The maximum absolute atomic E-state index is 9.45. The van der Waals surface area contributed by atoms with Gasteiger partial charge in [0.1, 0.15) is 5.69 Å². The van der Waals surface area contributed by atoms with Crippen molar-refractivity contribution < 1.29 is 5.11 Å². The number of pyridine rings is 2. The molecule has 0 radical (unpaired) electrons. The second-order valence-electron chi connectivity index (χ2n) is 4.25. The first-order valence-electron chi connectivity index (χ1n) is 6.05. The Labute approximate surface area is 128 Å². The number of aromatic nitrogens is 2. The summed E-state index contributed by atoms with van der Waals surface area (Å²) in [5.74, 6) is 0.189. The van der Waals surface area contributed by atoms with Crippen LogP contribution in [0.2, 0.25) is 0 Å². The van der Waals surface area contributed by atoms with Gasteiger partial charge in [-0.15, -0.1) is 10.2 Å². The summed E-state index contributed by atoms with van der Waals surface area (Å²) in [4.78, 5) is 8.26. The molecule has 0 amide bonds. The minimum absolute atomic E-state index is 0.00296. The standard InChI is InChI=1S/C14H10BrN5O/c15-9-7-11(21)13(16)18-14(9)20-19-10-5-1-3-8-4-2-6-17-12(8)10/h1-7,21H,(H2,16,18). The van der Waals surface area contributed by atoms with Crippen molar-refractivity contribution in [1.82, 2.24) is 9.97 Å². The fraction of sp³-hybridized carbons (Fsp3) is 0. The summed E-state index contributed by atoms with van der Waals surface area (Å²) in [5.41, 5.74) is 6.94. The van der Waals surface area contributed by atoms with Crippen molar-refractivity contribution in [2.24, 2.45) is 10.2 Å². The van der Waals surface area contributed by atoms with Gasteiger partial charge in [-0.2, -0.15) is 0 Å². The van der Waals surface area contributed by atoms with Crippen LogP contribution in [0.4, 0.5) is 17.3 Å². The third-order valence-electron chi connectivity index (χ3n) is 2.83. The van der Waals surface area contributed by atoms with E-state index in [4.69, 9.17) is 5.73 Å². The third-order valence-corrected chi connectivity index (χ3v) is 3.41. The van der Waals surface area contributed by atoms with Crippen molar-refractivity contribution in [2.45, 2.75) is 0 Å². The van der Waals surface area contributed by atoms with Gasteiger partial charge in [0.15, 0.2) is 17.4 Å². The van der Waals surface area contributed by atoms with E-state index in [1.165, 1.54) is 6.07 Å². The fourth-order valence-corrected chi connectivity index (χ4v) is 2.21. The van der Waals surface area contributed by atoms with Crippen LogP contribution in [0.5, 0.6) is 5.75 Å². The van der Waals surface area contributed by atoms with Gasteiger partial charge >= 0.3 is 0 Å². The van der Waals surface area contributed by atoms with Gasteiger partial charge in [0, 0.05) is 17.6 Å². The molecule has 3 aromatic rings. The van der Waals surface area contributed by atoms with Gasteiger partial charge in [-0.3, -0.25) is 4.98 Å². The molecule has 2 heterocycles. The number of nitrogens with zero attached hydrogens (tertiary/aromatic N) is 4. The van der Waals surface area contributed by atoms with Crippen LogP contribution in [0, 0.1) is 0 Å². The number of hydrogen-bond acceptors (Lipinski definition) is 6. The van der Waals surface area contributed by atoms with Crippen molar-refractivity contribution in [3.8, 4) is 5.75 Å². The molecule has 0 aliphatic rings. The molecule has 0 saturated carbocycles. The Hall–Kier alpha value is -2.54. The van der Waals surface area contributed by atoms with E-state index in [9.17, 15) is 5.11 Å². The number of rotatable bonds is 2. The first-order chi connectivity index (χ1) is 10.1. The predicted octanol–water partition coefficient (Wildman–Crippen LogP) is 4.10. The molecule has 0 unspecified atom stereocenters. The van der Waals surface area contributed by atoms with Crippen LogP contribution >= 0.6 is 15.9 Å². The first kappa shape index (κ1) is 13.4. The van der Waals surface area contributed by atoms with Crippen LogP contribution < -0.4 is 5.73 Å². The molecule has 0 aliphatic carbocycles. The maximum Gasteiger partial charge on any atom is 0.190 e. The number of fused-ring (bicyclic) bond motifs is 1. The minimum atomic E-state index is -0.104. The largest absolute Gasteiger partial charge is 0.504 e. The number of aromatic hydroxyl groups is 1. The number of para-hydroxylation sites is 1. The van der Waals surface area contributed by atoms with Gasteiger partial charge in [0.2, 0.25) is 0 Å². The van der Waals surface area contributed by atoms with E-state index in [-0.39, 0.29) is 11.6 Å². The van der Waals surface area contributed by atoms with Crippen molar-refractivity contribution in [3.05, 3.63) is 47.1 Å². The lowest BCUT2D eigenvalue weighted by molar-refractivity contribution is 0.475. The zero-order chi connectivity index (χ0) is 14.8. The first-order valence-corrected chi connectivity index (χ1v) is 6.85. The Morgan fingerprint density at radius 3 is 2.81 bits per heavy atom. The highest BCUT2D eigenvalue weighted by atomic mass is 79.9. The van der Waals surface area contributed by atoms with Crippen LogP contribution in [-0.2, 0) is 0 Å². The molecule has 3 N–H and O–H groups in total. The summed E-state index contributed by atoms with van der Waals surface area (Å²) in [5, 5.41) is 18.7. The maximum atomic E-state index is 9.45. The predicted molar refractivity (Wildman–Crippen MR) is 83.9 cm³/mol. The Bertz CT molecular complexity index is 845. The molecule has 3 rings (SSSR count). The molecule has 0 atom stereocenters. The second-order valence-corrected chi connectivity index (χ2v) is 5.10. The molecule has 6 nitrogen and oxygen atoms in total. The Morgan fingerprint density at radius 1 is 1.14 bits per heavy atom. The van der Waals surface area contributed by atoms with Crippen LogP contribution in [-0.4, -0.2) is 15.1 Å². The topological polar surface area (TPSA) is 96.8 Å². The van der Waals surface area contributed by atoms with Gasteiger partial charge in [0.25, 0.3) is 0 Å². The molecule has 0 fully saturated rings. The SMILES string of the molecule is Nc1nc(N=Nc2cccc3cccnc23)c(Br)cc1O. The minimum Gasteiger partial charge on any atom is -0.504 e. The molecule has 0 aliphatic heterocycles. The van der Waals surface area contributed by atoms with Gasteiger partial charge in [-0.05, 0) is 28.1 Å². The molecule has 0 spiro atoms. The molecule has 0 bridgehead atoms. The van der Waals surface area contributed by atoms with Gasteiger partial charge in [-0.1, -0.05) is 18.2 Å². The van der Waals surface area contributed by atoms with Crippen molar-refractivity contribution in [2.75, 3.05) is 5.73 Å². The number of nitrogens with two attached hydrogens (primary N) is 1. The van der Waals surface area contributed by atoms with E-state index >= 15 is 0 Å². The van der Waals surface area contributed by atoms with E-state index in [0.717, 1.165) is 10.9 Å². The monoisotopic (exact) mass is 343 g/mol. The number of azo groups is 1. The normalized spacial score (nSPS) is 11.3. The lowest BCUT2D eigenvalue weighted by Crippen LogP contribution is -1.90. The molecule has 2 aromatic heterocycles. The number of halogens is 1. The van der Waals surface area contributed by atoms with E-state index in [2.05, 4.69) is 36.1 Å². The number of nitrogen functional groups attached to an aromatic ring is 1. The van der Waals surface area contributed by atoms with Crippen LogP contribution in [0.25, 0.3) is 10.9 Å². The molecular weight excluding hydrogens is 334 g/mol. The zero-order valence-corrected chi connectivity index (χ0v) is 12.3. The van der Waals surface area contributed by atoms with Crippen molar-refractivity contribution in [3.63, 3.8) is 0 Å². The highest BCUT2D eigenvalue weighted by Crippen LogP contribution is 2.32. The van der Waals surface area contributed by atoms with Crippen LogP contribution in [0.1, 0.15) is 0 Å². The highest BCUT2D eigenvalue weighted by Gasteiger charge is 2.07. The van der Waals surface area contributed by atoms with E-state index in [1.807, 2.05) is 30.3 Å². The molecule has 0 saturated heterocycles. The lowest BCUT2D eigenvalue weighted by atomic mass is 10.2. The summed E-state index contributed by atoms with van der Waals surface area (Å²) in [7, 11) is 0. The zero-order valence-electron chi connectivity index (χ0n) is 10.7. The van der Waals surface area contributed by atoms with Gasteiger partial charge in [0.05, 0.1) is 9.99 Å². The van der Waals surface area contributed by atoms with Crippen molar-refractivity contribution >= 4 is 44.2 Å². The summed E-state index contributed by atoms with van der Waals surface area (Å²) in [6, 6.07) is 10.9. The van der Waals surface area contributed by atoms with Crippen molar-refractivity contribution in [1.29, 1.82) is 0 Å². The third kappa shape index (κ3) is 2.68. The summed E-state index contributed by atoms with van der Waals surface area (Å²) in [6.07, 6.45) is 1.70. The number of benzene rings is 1. The van der Waals surface area contributed by atoms with E-state index in [1.54, 1.807) is 6.20 Å². The second kappa shape index (κ2) is 5.45. The Kier molecular flexibility index (Phi) is 3.49. The average molecular weight is 344 g/mol. The van der Waals surface area contributed by atoms with E-state index < -0.39 is 0 Å². The lowest BCUT2D eigenvalue weighted by Gasteiger charge is -2.02. The summed E-state index contributed by atoms with van der Waals surface area (Å²) < 4.78 is 0.506. The number of hydrogen-bond donors (Lipinski definition) is 2. The average Bonchev–Trinajstić information content (AvgIpc) is 2.49. The molecular formula is C14H10BrN5O. The molecule has 1 aromatic carbocycles. The molecule has 7 heteroatoms. The Balaban J connectivity index is 2.04. The highest BCUT2D eigenvalue weighted by molar-refractivity contribution is 9.10. The number of anilines is 1. The molecule has 104 valence electrons. The van der Waals surface area contributed by atoms with Crippen LogP contribution in [0.15, 0.2) is 57.3 Å². The summed E-state index contributed by atoms with van der Waals surface area (Å²) in [6.45, 7) is 0. The summed E-state index contributed by atoms with van der Waals surface area (Å²) >= 11 is 3.26. The quantitative estimate of drug-likeness (QED) is 0.684. The Morgan fingerprint density at radius 2 is 1.95 bits per heavy atom. The van der Waals surface area contributed by atoms with E-state index in [0.29, 0.717) is 16.0 Å². The van der Waals surface area contributed by atoms with Gasteiger partial charge < -0.3 is 10.8 Å². The van der Waals surface area contributed by atoms with Gasteiger partial charge in [-0.25, -0.2) is 4.98 Å². The fourth-order valence-electron chi connectivity index (χ4n) is 1.82. The van der Waals surface area contributed by atoms with Crippen LogP contribution in [0.3, 0.4) is 0 Å². The molecule has 21 heavy (non-hydrogen) atoms.